The fourth-order valence-corrected chi connectivity index (χ4v) is 4.46. The summed E-state index contributed by atoms with van der Waals surface area (Å²) in [6.07, 6.45) is 3.91. The van der Waals surface area contributed by atoms with Crippen molar-refractivity contribution in [3.8, 4) is 11.2 Å². The van der Waals surface area contributed by atoms with Gasteiger partial charge in [0.25, 0.3) is 0 Å². The summed E-state index contributed by atoms with van der Waals surface area (Å²) >= 11 is 0. The van der Waals surface area contributed by atoms with Crippen molar-refractivity contribution in [1.82, 2.24) is 0 Å². The van der Waals surface area contributed by atoms with Crippen LogP contribution in [-0.2, 0) is 4.79 Å². The van der Waals surface area contributed by atoms with Crippen molar-refractivity contribution in [3.05, 3.63) is 0 Å². The van der Waals surface area contributed by atoms with E-state index < -0.39 is 10.0 Å². The van der Waals surface area contributed by atoms with E-state index in [0.717, 1.165) is 42.9 Å². The summed E-state index contributed by atoms with van der Waals surface area (Å²) in [6, 6.07) is 0. The average Bonchev–Trinajstić information content (AvgIpc) is 2.36. The highest BCUT2D eigenvalue weighted by Crippen LogP contribution is 2.46. The molecular formula is C15H26OS. The lowest BCUT2D eigenvalue weighted by molar-refractivity contribution is -0.127. The van der Waals surface area contributed by atoms with Gasteiger partial charge in [0, 0.05) is 6.42 Å². The molecule has 0 radical (unpaired) electrons. The lowest BCUT2D eigenvalue weighted by Crippen LogP contribution is -2.29. The molecule has 98 valence electrons. The number of hydrogen-bond donors (Lipinski definition) is 0. The molecule has 0 aromatic rings. The summed E-state index contributed by atoms with van der Waals surface area (Å²) < 4.78 is 0. The van der Waals surface area contributed by atoms with E-state index in [1.165, 1.54) is 0 Å². The standard InChI is InChI=1S/C15H26OS/c1-5-17(6-2,7-3)13-12-15(4)11-9-8-10-14(15)16/h5-11H2,1-4H3/t15-/m1/s1. The minimum absolute atomic E-state index is 0.337. The van der Waals surface area contributed by atoms with Crippen molar-refractivity contribution in [2.45, 2.75) is 53.4 Å². The number of rotatable bonds is 3. The van der Waals surface area contributed by atoms with Crippen LogP contribution in [0, 0.1) is 16.6 Å². The Kier molecular flexibility index (Phi) is 5.13. The van der Waals surface area contributed by atoms with Gasteiger partial charge < -0.3 is 0 Å². The van der Waals surface area contributed by atoms with Crippen molar-refractivity contribution in [2.75, 3.05) is 17.3 Å². The Bertz CT molecular complexity index is 324. The Morgan fingerprint density at radius 3 is 2.24 bits per heavy atom. The van der Waals surface area contributed by atoms with E-state index in [-0.39, 0.29) is 5.41 Å². The second-order valence-corrected chi connectivity index (χ2v) is 9.13. The van der Waals surface area contributed by atoms with E-state index in [2.05, 4.69) is 31.9 Å². The molecule has 1 aliphatic rings. The maximum Gasteiger partial charge on any atom is 0.150 e. The third-order valence-electron chi connectivity index (χ3n) is 4.15. The minimum atomic E-state index is -0.784. The van der Waals surface area contributed by atoms with Gasteiger partial charge in [0.2, 0.25) is 0 Å². The third-order valence-corrected chi connectivity index (χ3v) is 8.00. The van der Waals surface area contributed by atoms with E-state index in [9.17, 15) is 4.79 Å². The topological polar surface area (TPSA) is 17.1 Å². The smallest absolute Gasteiger partial charge is 0.150 e. The Hall–Kier alpha value is -0.420. The molecule has 17 heavy (non-hydrogen) atoms. The summed E-state index contributed by atoms with van der Waals surface area (Å²) in [4.78, 5) is 12.0. The molecule has 1 saturated carbocycles. The molecule has 1 fully saturated rings. The highest BCUT2D eigenvalue weighted by atomic mass is 32.3. The molecule has 0 unspecified atom stereocenters. The third kappa shape index (κ3) is 3.28. The molecule has 1 aliphatic carbocycles. The van der Waals surface area contributed by atoms with Crippen molar-refractivity contribution in [2.24, 2.45) is 5.41 Å². The zero-order valence-electron chi connectivity index (χ0n) is 11.8. The van der Waals surface area contributed by atoms with Crippen LogP contribution in [-0.4, -0.2) is 23.0 Å². The van der Waals surface area contributed by atoms with Crippen molar-refractivity contribution in [3.63, 3.8) is 0 Å². The van der Waals surface area contributed by atoms with Gasteiger partial charge in [-0.15, -0.1) is 0 Å². The van der Waals surface area contributed by atoms with Gasteiger partial charge in [0.1, 0.15) is 0 Å². The van der Waals surface area contributed by atoms with Crippen LogP contribution in [0.1, 0.15) is 53.4 Å². The van der Waals surface area contributed by atoms with Gasteiger partial charge in [-0.2, -0.15) is 10.0 Å². The highest BCUT2D eigenvalue weighted by molar-refractivity contribution is 8.37. The minimum Gasteiger partial charge on any atom is -0.298 e. The van der Waals surface area contributed by atoms with Gasteiger partial charge in [0.15, 0.2) is 5.78 Å². The maximum atomic E-state index is 12.0. The first-order valence-corrected chi connectivity index (χ1v) is 8.99. The predicted octanol–water partition coefficient (Wildman–Crippen LogP) is 3.96. The second-order valence-electron chi connectivity index (χ2n) is 5.10. The van der Waals surface area contributed by atoms with Gasteiger partial charge in [0.05, 0.1) is 5.41 Å². The largest absolute Gasteiger partial charge is 0.298 e. The predicted molar refractivity (Wildman–Crippen MR) is 78.6 cm³/mol. The molecule has 1 nitrogen and oxygen atoms in total. The van der Waals surface area contributed by atoms with E-state index >= 15 is 0 Å². The van der Waals surface area contributed by atoms with Crippen molar-refractivity contribution < 1.29 is 4.79 Å². The van der Waals surface area contributed by atoms with Gasteiger partial charge in [-0.05, 0) is 37.0 Å². The number of Topliss-reactive ketones (excluding diaryl/α,β-unsaturated/α-hetero) is 1. The van der Waals surface area contributed by atoms with Crippen LogP contribution in [0.3, 0.4) is 0 Å². The number of carbonyl (C=O) groups excluding carboxylic acids is 1. The highest BCUT2D eigenvalue weighted by Gasteiger charge is 2.33. The molecule has 0 saturated heterocycles. The molecule has 1 atom stereocenters. The fourth-order valence-electron chi connectivity index (χ4n) is 2.36. The van der Waals surface area contributed by atoms with Crippen LogP contribution in [0.4, 0.5) is 0 Å². The van der Waals surface area contributed by atoms with Gasteiger partial charge >= 0.3 is 0 Å². The average molecular weight is 254 g/mol. The summed E-state index contributed by atoms with van der Waals surface area (Å²) in [7, 11) is -0.784. The van der Waals surface area contributed by atoms with Crippen LogP contribution in [0.15, 0.2) is 0 Å². The Labute approximate surface area is 108 Å². The Morgan fingerprint density at radius 2 is 1.76 bits per heavy atom. The quantitative estimate of drug-likeness (QED) is 0.697. The Morgan fingerprint density at radius 1 is 1.18 bits per heavy atom. The molecule has 0 bridgehead atoms. The molecule has 0 amide bonds. The summed E-state index contributed by atoms with van der Waals surface area (Å²) in [5.41, 5.74) is -0.337. The molecule has 2 heteroatoms. The van der Waals surface area contributed by atoms with Crippen molar-refractivity contribution in [1.29, 1.82) is 0 Å². The summed E-state index contributed by atoms with van der Waals surface area (Å²) in [5, 5.41) is 3.54. The second kappa shape index (κ2) is 5.96. The molecular weight excluding hydrogens is 228 g/mol. The van der Waals surface area contributed by atoms with Crippen LogP contribution < -0.4 is 0 Å². The molecule has 0 N–H and O–H groups in total. The molecule has 0 aromatic carbocycles. The van der Waals surface area contributed by atoms with Crippen LogP contribution >= 0.6 is 10.0 Å². The van der Waals surface area contributed by atoms with Gasteiger partial charge in [-0.25, -0.2) is 0 Å². The lowest BCUT2D eigenvalue weighted by Gasteiger charge is -2.32. The molecule has 0 heterocycles. The first-order chi connectivity index (χ1) is 8.02. The van der Waals surface area contributed by atoms with Crippen molar-refractivity contribution >= 4 is 15.8 Å². The zero-order chi connectivity index (χ0) is 12.9. The monoisotopic (exact) mass is 254 g/mol. The van der Waals surface area contributed by atoms with E-state index in [1.54, 1.807) is 0 Å². The maximum absolute atomic E-state index is 12.0. The summed E-state index contributed by atoms with van der Waals surface area (Å²) in [6.45, 7) is 8.76. The number of carbonyl (C=O) groups is 1. The van der Waals surface area contributed by atoms with Gasteiger partial charge in [-0.3, -0.25) is 4.79 Å². The molecule has 0 aromatic heterocycles. The number of hydrogen-bond acceptors (Lipinski definition) is 1. The normalized spacial score (nSPS) is 26.2. The van der Waals surface area contributed by atoms with Gasteiger partial charge in [-0.1, -0.05) is 38.4 Å². The van der Waals surface area contributed by atoms with Crippen LogP contribution in [0.25, 0.3) is 0 Å². The molecule has 1 rings (SSSR count). The van der Waals surface area contributed by atoms with E-state index in [1.807, 2.05) is 6.92 Å². The summed E-state index contributed by atoms with van der Waals surface area (Å²) in [5.74, 6) is 7.24. The molecule has 0 aliphatic heterocycles. The lowest BCUT2D eigenvalue weighted by atomic mass is 9.75. The SMILES string of the molecule is CCS(C#C[C@@]1(C)CCCCC1=O)(CC)CC. The van der Waals surface area contributed by atoms with Crippen LogP contribution in [0.5, 0.6) is 0 Å². The number of ketones is 1. The first kappa shape index (κ1) is 14.6. The fraction of sp³-hybridized carbons (Fsp3) is 0.800. The van der Waals surface area contributed by atoms with E-state index in [0.29, 0.717) is 5.78 Å². The zero-order valence-corrected chi connectivity index (χ0v) is 12.6. The van der Waals surface area contributed by atoms with Crippen LogP contribution in [0.2, 0.25) is 0 Å². The Balaban J connectivity index is 2.92. The van der Waals surface area contributed by atoms with E-state index in [4.69, 9.17) is 0 Å². The molecule has 0 spiro atoms. The first-order valence-electron chi connectivity index (χ1n) is 6.85.